The van der Waals surface area contributed by atoms with E-state index in [0.29, 0.717) is 21.2 Å². The molecule has 2 unspecified atom stereocenters. The van der Waals surface area contributed by atoms with Crippen molar-refractivity contribution < 1.29 is 14.0 Å². The van der Waals surface area contributed by atoms with E-state index in [1.807, 2.05) is 44.2 Å². The van der Waals surface area contributed by atoms with Gasteiger partial charge < -0.3 is 10.2 Å². The van der Waals surface area contributed by atoms with Crippen LogP contribution in [0.15, 0.2) is 72.8 Å². The highest BCUT2D eigenvalue weighted by molar-refractivity contribution is 6.35. The Bertz CT molecular complexity index is 1160. The van der Waals surface area contributed by atoms with Crippen LogP contribution in [0.3, 0.4) is 0 Å². The summed E-state index contributed by atoms with van der Waals surface area (Å²) in [6.45, 7) is 3.83. The van der Waals surface area contributed by atoms with E-state index in [0.717, 1.165) is 12.0 Å². The van der Waals surface area contributed by atoms with E-state index in [1.165, 1.54) is 11.0 Å². The molecule has 3 aromatic carbocycles. The van der Waals surface area contributed by atoms with Gasteiger partial charge in [-0.05, 0) is 42.7 Å². The van der Waals surface area contributed by atoms with Crippen molar-refractivity contribution in [1.29, 1.82) is 0 Å². The molecule has 0 saturated heterocycles. The van der Waals surface area contributed by atoms with Crippen molar-refractivity contribution in [2.45, 2.75) is 51.7 Å². The first kappa shape index (κ1) is 26.7. The normalized spacial score (nSPS) is 12.6. The number of nitrogens with one attached hydrogen (secondary N) is 1. The van der Waals surface area contributed by atoms with Crippen LogP contribution in [0.5, 0.6) is 0 Å². The lowest BCUT2D eigenvalue weighted by atomic mass is 10.0. The average Bonchev–Trinajstić information content (AvgIpc) is 2.84. The van der Waals surface area contributed by atoms with Gasteiger partial charge >= 0.3 is 0 Å². The maximum atomic E-state index is 14.6. The Labute approximate surface area is 216 Å². The van der Waals surface area contributed by atoms with Gasteiger partial charge in [-0.3, -0.25) is 9.59 Å². The third kappa shape index (κ3) is 7.55. The molecular formula is C28H29Cl2FN2O2. The highest BCUT2D eigenvalue weighted by Crippen LogP contribution is 2.24. The smallest absolute Gasteiger partial charge is 0.243 e. The monoisotopic (exact) mass is 514 g/mol. The molecule has 3 aromatic rings. The van der Waals surface area contributed by atoms with Gasteiger partial charge in [0.25, 0.3) is 0 Å². The number of nitrogens with zero attached hydrogens (tertiary/aromatic N) is 1. The molecule has 0 saturated carbocycles. The lowest BCUT2D eigenvalue weighted by Crippen LogP contribution is -2.52. The molecule has 2 amide bonds. The van der Waals surface area contributed by atoms with Gasteiger partial charge in [-0.1, -0.05) is 84.7 Å². The topological polar surface area (TPSA) is 49.4 Å². The average molecular weight is 515 g/mol. The van der Waals surface area contributed by atoms with Crippen molar-refractivity contribution in [3.8, 4) is 0 Å². The molecule has 0 fully saturated rings. The summed E-state index contributed by atoms with van der Waals surface area (Å²) in [5.74, 6) is -1.05. The van der Waals surface area contributed by atoms with Crippen LogP contribution in [-0.4, -0.2) is 28.8 Å². The Balaban J connectivity index is 2.00. The number of hydrogen-bond donors (Lipinski definition) is 1. The fourth-order valence-electron chi connectivity index (χ4n) is 3.73. The van der Waals surface area contributed by atoms with Gasteiger partial charge in [0.1, 0.15) is 11.9 Å². The van der Waals surface area contributed by atoms with Gasteiger partial charge in [0.15, 0.2) is 0 Å². The van der Waals surface area contributed by atoms with E-state index in [4.69, 9.17) is 23.2 Å². The minimum Gasteiger partial charge on any atom is -0.352 e. The van der Waals surface area contributed by atoms with Crippen molar-refractivity contribution in [2.24, 2.45) is 0 Å². The summed E-state index contributed by atoms with van der Waals surface area (Å²) in [5.41, 5.74) is 1.81. The molecule has 2 atom stereocenters. The van der Waals surface area contributed by atoms with Gasteiger partial charge in [-0.25, -0.2) is 4.39 Å². The minimum atomic E-state index is -0.843. The summed E-state index contributed by atoms with van der Waals surface area (Å²) in [7, 11) is 0. The number of carbonyl (C=O) groups excluding carboxylic acids is 2. The van der Waals surface area contributed by atoms with Crippen LogP contribution in [0.25, 0.3) is 0 Å². The van der Waals surface area contributed by atoms with Crippen LogP contribution in [0.4, 0.5) is 4.39 Å². The zero-order valence-corrected chi connectivity index (χ0v) is 21.3. The van der Waals surface area contributed by atoms with Crippen molar-refractivity contribution in [1.82, 2.24) is 10.2 Å². The maximum Gasteiger partial charge on any atom is 0.243 e. The molecule has 3 rings (SSSR count). The predicted octanol–water partition coefficient (Wildman–Crippen LogP) is 6.23. The molecule has 1 N–H and O–H groups in total. The number of hydrogen-bond acceptors (Lipinski definition) is 2. The zero-order chi connectivity index (χ0) is 25.4. The van der Waals surface area contributed by atoms with Crippen molar-refractivity contribution in [2.75, 3.05) is 0 Å². The van der Waals surface area contributed by atoms with Crippen LogP contribution in [-0.2, 0) is 29.0 Å². The third-order valence-corrected chi connectivity index (χ3v) is 6.51. The Morgan fingerprint density at radius 3 is 2.31 bits per heavy atom. The molecule has 0 bridgehead atoms. The molecule has 7 heteroatoms. The van der Waals surface area contributed by atoms with E-state index in [9.17, 15) is 14.0 Å². The molecular weight excluding hydrogens is 486 g/mol. The molecule has 0 heterocycles. The number of halogens is 3. The van der Waals surface area contributed by atoms with Gasteiger partial charge in [-0.2, -0.15) is 0 Å². The second kappa shape index (κ2) is 12.7. The Morgan fingerprint density at radius 2 is 1.66 bits per heavy atom. The fourth-order valence-corrected chi connectivity index (χ4v) is 4.21. The highest BCUT2D eigenvalue weighted by atomic mass is 35.5. The molecule has 0 spiro atoms. The second-order valence-electron chi connectivity index (χ2n) is 8.55. The maximum absolute atomic E-state index is 14.6. The molecule has 0 aliphatic rings. The van der Waals surface area contributed by atoms with Gasteiger partial charge in [0.2, 0.25) is 11.8 Å². The van der Waals surface area contributed by atoms with Gasteiger partial charge in [0.05, 0.1) is 6.42 Å². The summed E-state index contributed by atoms with van der Waals surface area (Å²) in [4.78, 5) is 28.6. The van der Waals surface area contributed by atoms with E-state index >= 15 is 0 Å². The van der Waals surface area contributed by atoms with Crippen LogP contribution < -0.4 is 5.32 Å². The summed E-state index contributed by atoms with van der Waals surface area (Å²) in [6, 6.07) is 19.8. The summed E-state index contributed by atoms with van der Waals surface area (Å²) in [6.07, 6.45) is 0.982. The molecule has 35 heavy (non-hydrogen) atoms. The van der Waals surface area contributed by atoms with Gasteiger partial charge in [-0.15, -0.1) is 0 Å². The lowest BCUT2D eigenvalue weighted by molar-refractivity contribution is -0.141. The summed E-state index contributed by atoms with van der Waals surface area (Å²) >= 11 is 12.3. The standard InChI is InChI=1S/C28H29Cl2FN2O2/c1-3-19(2)32-28(35)26(15-20-9-5-4-6-10-20)33(18-22-11-7-8-12-25(22)31)27(34)16-21-13-14-23(29)17-24(21)30/h4-14,17,19,26H,3,15-16,18H2,1-2H3,(H,32,35). The highest BCUT2D eigenvalue weighted by Gasteiger charge is 2.31. The van der Waals surface area contributed by atoms with Crippen molar-refractivity contribution >= 4 is 35.0 Å². The van der Waals surface area contributed by atoms with E-state index < -0.39 is 11.9 Å². The first-order valence-corrected chi connectivity index (χ1v) is 12.3. The molecule has 0 aliphatic carbocycles. The van der Waals surface area contributed by atoms with Crippen LogP contribution in [0, 0.1) is 5.82 Å². The number of amides is 2. The van der Waals surface area contributed by atoms with Crippen LogP contribution >= 0.6 is 23.2 Å². The quantitative estimate of drug-likeness (QED) is 0.348. The second-order valence-corrected chi connectivity index (χ2v) is 9.39. The number of carbonyl (C=O) groups is 2. The molecule has 0 aromatic heterocycles. The Hall–Kier alpha value is -2.89. The van der Waals surface area contributed by atoms with Crippen LogP contribution in [0.1, 0.15) is 37.0 Å². The lowest BCUT2D eigenvalue weighted by Gasteiger charge is -2.32. The fraction of sp³-hybridized carbons (Fsp3) is 0.286. The SMILES string of the molecule is CCC(C)NC(=O)C(Cc1ccccc1)N(Cc1ccccc1F)C(=O)Cc1ccc(Cl)cc1Cl. The Kier molecular flexibility index (Phi) is 9.70. The van der Waals surface area contributed by atoms with Crippen molar-refractivity contribution in [3.05, 3.63) is 105 Å². The predicted molar refractivity (Wildman–Crippen MR) is 139 cm³/mol. The minimum absolute atomic E-state index is 0.0493. The van der Waals surface area contributed by atoms with E-state index in [-0.39, 0.29) is 37.2 Å². The van der Waals surface area contributed by atoms with Gasteiger partial charge in [0, 0.05) is 34.6 Å². The van der Waals surface area contributed by atoms with Crippen LogP contribution in [0.2, 0.25) is 10.0 Å². The first-order chi connectivity index (χ1) is 16.8. The Morgan fingerprint density at radius 1 is 0.971 bits per heavy atom. The van der Waals surface area contributed by atoms with Crippen molar-refractivity contribution in [3.63, 3.8) is 0 Å². The number of benzene rings is 3. The summed E-state index contributed by atoms with van der Waals surface area (Å²) < 4.78 is 14.6. The first-order valence-electron chi connectivity index (χ1n) is 11.6. The summed E-state index contributed by atoms with van der Waals surface area (Å²) in [5, 5.41) is 3.82. The van der Waals surface area contributed by atoms with E-state index in [2.05, 4.69) is 5.32 Å². The third-order valence-electron chi connectivity index (χ3n) is 5.93. The molecule has 4 nitrogen and oxygen atoms in total. The molecule has 0 radical (unpaired) electrons. The molecule has 0 aliphatic heterocycles. The molecule has 184 valence electrons. The van der Waals surface area contributed by atoms with E-state index in [1.54, 1.807) is 36.4 Å². The largest absolute Gasteiger partial charge is 0.352 e. The zero-order valence-electron chi connectivity index (χ0n) is 19.8. The number of rotatable bonds is 10.